The molecule has 1 amide bonds. The van der Waals surface area contributed by atoms with Crippen LogP contribution in [-0.2, 0) is 33.1 Å². The van der Waals surface area contributed by atoms with Crippen LogP contribution in [0.1, 0.15) is 55.9 Å². The van der Waals surface area contributed by atoms with Crippen LogP contribution >= 0.6 is 12.4 Å². The van der Waals surface area contributed by atoms with Gasteiger partial charge in [-0.3, -0.25) is 9.59 Å². The second-order valence-electron chi connectivity index (χ2n) is 9.94. The fourth-order valence-electron chi connectivity index (χ4n) is 5.07. The molecule has 2 atom stereocenters. The Morgan fingerprint density at radius 3 is 2.76 bits per heavy atom. The summed E-state index contributed by atoms with van der Waals surface area (Å²) in [6.45, 7) is 5.66. The third-order valence-electron chi connectivity index (χ3n) is 7.07. The summed E-state index contributed by atoms with van der Waals surface area (Å²) >= 11 is 0. The molecule has 4 N–H and O–H groups in total. The number of benzene rings is 1. The Balaban J connectivity index is 0.00000336. The number of aliphatic hydroxyl groups is 1. The van der Waals surface area contributed by atoms with Crippen LogP contribution in [0.4, 0.5) is 0 Å². The van der Waals surface area contributed by atoms with Crippen LogP contribution in [-0.4, -0.2) is 38.8 Å². The molecule has 0 spiro atoms. The summed E-state index contributed by atoms with van der Waals surface area (Å²) in [5.74, 6) is -0.878. The lowest BCUT2D eigenvalue weighted by Gasteiger charge is -2.31. The van der Waals surface area contributed by atoms with E-state index in [9.17, 15) is 19.5 Å². The second kappa shape index (κ2) is 10.3. The van der Waals surface area contributed by atoms with Crippen LogP contribution in [0.5, 0.6) is 0 Å². The smallest absolute Gasteiger partial charge is 0.343 e. The number of hydrazone groups is 1. The van der Waals surface area contributed by atoms with Crippen molar-refractivity contribution in [3.05, 3.63) is 62.9 Å². The van der Waals surface area contributed by atoms with E-state index in [1.807, 2.05) is 38.1 Å². The summed E-state index contributed by atoms with van der Waals surface area (Å²) in [5.41, 5.74) is 9.95. The van der Waals surface area contributed by atoms with Crippen molar-refractivity contribution in [3.8, 4) is 11.4 Å². The van der Waals surface area contributed by atoms with E-state index >= 15 is 0 Å². The number of carbonyl (C=O) groups excluding carboxylic acids is 2. The van der Waals surface area contributed by atoms with Gasteiger partial charge in [0.2, 0.25) is 0 Å². The van der Waals surface area contributed by atoms with Crippen molar-refractivity contribution in [1.82, 2.24) is 15.0 Å². The van der Waals surface area contributed by atoms with Gasteiger partial charge in [-0.1, -0.05) is 39.0 Å². The fourth-order valence-corrected chi connectivity index (χ4v) is 5.07. The molecule has 0 fully saturated rings. The van der Waals surface area contributed by atoms with Crippen LogP contribution in [0.25, 0.3) is 22.3 Å². The second-order valence-corrected chi connectivity index (χ2v) is 9.94. The Morgan fingerprint density at radius 1 is 1.32 bits per heavy atom. The summed E-state index contributed by atoms with van der Waals surface area (Å²) in [6.07, 6.45) is 2.15. The molecule has 5 rings (SSSR count). The average Bonchev–Trinajstić information content (AvgIpc) is 3.24. The van der Waals surface area contributed by atoms with Crippen molar-refractivity contribution in [2.45, 2.75) is 58.4 Å². The van der Waals surface area contributed by atoms with Crippen LogP contribution in [0.15, 0.2) is 40.2 Å². The van der Waals surface area contributed by atoms with Gasteiger partial charge in [-0.25, -0.2) is 15.2 Å². The standard InChI is InChI=1S/C27H29N5O5.ClH/c1-4-27(36)19-10-22-23-17(12-32(22)25(34)18(19)13-37-26(27)35)16(15-7-5-6-8-21(15)30-23)11-29-31-24(33)20(28)9-14(2)3;/h5-8,10-11,14,20,36H,4,9,12-13,28H2,1-3H3,(H,31,33);1H/b29-11+;/t20?,27-;/m0./s1. The summed E-state index contributed by atoms with van der Waals surface area (Å²) in [6, 6.07) is 8.48. The molecule has 1 aromatic carbocycles. The summed E-state index contributed by atoms with van der Waals surface area (Å²) in [7, 11) is 0. The highest BCUT2D eigenvalue weighted by molar-refractivity contribution is 6.02. The van der Waals surface area contributed by atoms with Crippen molar-refractivity contribution in [1.29, 1.82) is 0 Å². The van der Waals surface area contributed by atoms with E-state index in [-0.39, 0.29) is 60.5 Å². The van der Waals surface area contributed by atoms with Crippen molar-refractivity contribution >= 4 is 41.4 Å². The predicted molar refractivity (Wildman–Crippen MR) is 145 cm³/mol. The van der Waals surface area contributed by atoms with E-state index in [2.05, 4.69) is 10.5 Å². The zero-order valence-electron chi connectivity index (χ0n) is 21.4. The maximum absolute atomic E-state index is 13.5. The van der Waals surface area contributed by atoms with Gasteiger partial charge in [-0.15, -0.1) is 12.4 Å². The number of carbonyl (C=O) groups is 2. The van der Waals surface area contributed by atoms with Crippen LogP contribution in [0, 0.1) is 5.92 Å². The maximum atomic E-state index is 13.5. The molecule has 200 valence electrons. The van der Waals surface area contributed by atoms with Gasteiger partial charge in [0.25, 0.3) is 11.5 Å². The number of halogens is 1. The first kappa shape index (κ1) is 27.4. The number of aromatic nitrogens is 2. The number of pyridine rings is 2. The van der Waals surface area contributed by atoms with E-state index in [1.165, 1.54) is 0 Å². The van der Waals surface area contributed by atoms with Crippen LogP contribution < -0.4 is 16.7 Å². The number of nitrogens with zero attached hydrogens (tertiary/aromatic N) is 3. The topological polar surface area (TPSA) is 149 Å². The SMILES string of the molecule is CC[C@@]1(O)C(=O)OCc2c1cc1n(c2=O)Cc2c-1nc1ccccc1c2/C=N/NC(=O)C(N)CC(C)C.Cl. The number of nitrogens with one attached hydrogen (secondary N) is 1. The number of cyclic esters (lactones) is 1. The highest BCUT2D eigenvalue weighted by atomic mass is 35.5. The highest BCUT2D eigenvalue weighted by Gasteiger charge is 2.45. The lowest BCUT2D eigenvalue weighted by Crippen LogP contribution is -2.44. The zero-order chi connectivity index (χ0) is 26.5. The molecular formula is C27H30ClN5O5. The summed E-state index contributed by atoms with van der Waals surface area (Å²) in [4.78, 5) is 43.1. The van der Waals surface area contributed by atoms with E-state index < -0.39 is 17.6 Å². The third-order valence-corrected chi connectivity index (χ3v) is 7.07. The van der Waals surface area contributed by atoms with Crippen molar-refractivity contribution in [2.24, 2.45) is 16.8 Å². The van der Waals surface area contributed by atoms with Gasteiger partial charge in [0.1, 0.15) is 6.61 Å². The Morgan fingerprint density at radius 2 is 2.05 bits per heavy atom. The van der Waals surface area contributed by atoms with Gasteiger partial charge in [0.05, 0.1) is 41.3 Å². The zero-order valence-corrected chi connectivity index (χ0v) is 22.2. The molecule has 38 heavy (non-hydrogen) atoms. The number of hydrogen-bond donors (Lipinski definition) is 3. The molecule has 0 radical (unpaired) electrons. The molecule has 2 aliphatic rings. The lowest BCUT2D eigenvalue weighted by molar-refractivity contribution is -0.172. The number of nitrogens with two attached hydrogens (primary N) is 1. The molecule has 4 heterocycles. The lowest BCUT2D eigenvalue weighted by atomic mass is 9.86. The Hall–Kier alpha value is -3.60. The van der Waals surface area contributed by atoms with E-state index in [0.29, 0.717) is 28.9 Å². The minimum atomic E-state index is -1.90. The quantitative estimate of drug-likeness (QED) is 0.193. The fraction of sp³-hybridized carbons (Fsp3) is 0.370. The summed E-state index contributed by atoms with van der Waals surface area (Å²) < 4.78 is 6.71. The van der Waals surface area contributed by atoms with Crippen molar-refractivity contribution in [3.63, 3.8) is 0 Å². The molecule has 1 unspecified atom stereocenters. The van der Waals surface area contributed by atoms with Gasteiger partial charge < -0.3 is 20.1 Å². The molecule has 10 nitrogen and oxygen atoms in total. The van der Waals surface area contributed by atoms with E-state index in [0.717, 1.165) is 10.9 Å². The van der Waals surface area contributed by atoms with Gasteiger partial charge in [0, 0.05) is 22.1 Å². The Labute approximate surface area is 225 Å². The minimum absolute atomic E-state index is 0. The molecule has 11 heteroatoms. The Bertz CT molecular complexity index is 1530. The number of amides is 1. The van der Waals surface area contributed by atoms with Crippen molar-refractivity contribution < 1.29 is 19.4 Å². The first-order valence-electron chi connectivity index (χ1n) is 12.3. The predicted octanol–water partition coefficient (Wildman–Crippen LogP) is 2.32. The monoisotopic (exact) mass is 539 g/mol. The average molecular weight is 540 g/mol. The Kier molecular flexibility index (Phi) is 7.42. The first-order chi connectivity index (χ1) is 17.7. The van der Waals surface area contributed by atoms with Gasteiger partial charge in [-0.05, 0) is 30.9 Å². The molecule has 0 bridgehead atoms. The largest absolute Gasteiger partial charge is 0.458 e. The third kappa shape index (κ3) is 4.38. The highest BCUT2D eigenvalue weighted by Crippen LogP contribution is 2.39. The van der Waals surface area contributed by atoms with Crippen LogP contribution in [0.3, 0.4) is 0 Å². The van der Waals surface area contributed by atoms with E-state index in [4.69, 9.17) is 15.5 Å². The molecule has 3 aromatic rings. The number of hydrogen-bond acceptors (Lipinski definition) is 8. The summed E-state index contributed by atoms with van der Waals surface area (Å²) in [5, 5.41) is 16.1. The molecule has 0 aliphatic carbocycles. The van der Waals surface area contributed by atoms with E-state index in [1.54, 1.807) is 23.8 Å². The number of ether oxygens (including phenoxy) is 1. The maximum Gasteiger partial charge on any atom is 0.343 e. The minimum Gasteiger partial charge on any atom is -0.458 e. The molecule has 0 saturated carbocycles. The molecular weight excluding hydrogens is 510 g/mol. The number of para-hydroxylation sites is 1. The number of esters is 1. The molecule has 0 saturated heterocycles. The molecule has 2 aliphatic heterocycles. The van der Waals surface area contributed by atoms with Crippen molar-refractivity contribution in [2.75, 3.05) is 0 Å². The first-order valence-corrected chi connectivity index (χ1v) is 12.3. The van der Waals surface area contributed by atoms with Gasteiger partial charge >= 0.3 is 5.97 Å². The van der Waals surface area contributed by atoms with Gasteiger partial charge in [-0.2, -0.15) is 5.10 Å². The number of fused-ring (bicyclic) bond motifs is 5. The number of rotatable bonds is 6. The molecule has 2 aromatic heterocycles. The normalized spacial score (nSPS) is 18.5. The van der Waals surface area contributed by atoms with Crippen LogP contribution in [0.2, 0.25) is 0 Å². The van der Waals surface area contributed by atoms with Gasteiger partial charge in [0.15, 0.2) is 5.60 Å².